The molecule has 1 atom stereocenters. The van der Waals surface area contributed by atoms with Gasteiger partial charge in [-0.2, -0.15) is 0 Å². The van der Waals surface area contributed by atoms with Gasteiger partial charge in [-0.15, -0.1) is 0 Å². The molecule has 0 saturated carbocycles. The molecule has 3 rings (SSSR count). The highest BCUT2D eigenvalue weighted by molar-refractivity contribution is 6.31. The van der Waals surface area contributed by atoms with Gasteiger partial charge in [0, 0.05) is 22.1 Å². The third-order valence-corrected chi connectivity index (χ3v) is 4.00. The SMILES string of the molecule is Cc1ccnc(C(=O)c2[nH]c3cc(Cl)ccc3c2NC(=O)C(C)O)c1. The monoisotopic (exact) mass is 357 g/mol. The first-order valence-electron chi connectivity index (χ1n) is 7.64. The summed E-state index contributed by atoms with van der Waals surface area (Å²) in [4.78, 5) is 31.9. The highest BCUT2D eigenvalue weighted by Gasteiger charge is 2.23. The van der Waals surface area contributed by atoms with Crippen LogP contribution in [-0.2, 0) is 4.79 Å². The zero-order valence-corrected chi connectivity index (χ0v) is 14.4. The lowest BCUT2D eigenvalue weighted by molar-refractivity contribution is -0.123. The number of ketones is 1. The fourth-order valence-corrected chi connectivity index (χ4v) is 2.66. The van der Waals surface area contributed by atoms with Crippen molar-refractivity contribution in [2.45, 2.75) is 20.0 Å². The van der Waals surface area contributed by atoms with Crippen LogP contribution >= 0.6 is 11.6 Å². The zero-order valence-electron chi connectivity index (χ0n) is 13.6. The summed E-state index contributed by atoms with van der Waals surface area (Å²) in [6, 6.07) is 8.48. The van der Waals surface area contributed by atoms with E-state index in [1.165, 1.54) is 6.92 Å². The van der Waals surface area contributed by atoms with E-state index in [0.717, 1.165) is 5.56 Å². The largest absolute Gasteiger partial charge is 0.384 e. The number of nitrogens with zero attached hydrogens (tertiary/aromatic N) is 1. The van der Waals surface area contributed by atoms with Crippen LogP contribution in [0.1, 0.15) is 28.7 Å². The fourth-order valence-electron chi connectivity index (χ4n) is 2.49. The van der Waals surface area contributed by atoms with Crippen molar-refractivity contribution < 1.29 is 14.7 Å². The predicted molar refractivity (Wildman–Crippen MR) is 96.0 cm³/mol. The van der Waals surface area contributed by atoms with E-state index >= 15 is 0 Å². The van der Waals surface area contributed by atoms with Crippen LogP contribution in [-0.4, -0.2) is 32.9 Å². The molecule has 0 bridgehead atoms. The van der Waals surface area contributed by atoms with Crippen LogP contribution in [0.4, 0.5) is 5.69 Å². The Balaban J connectivity index is 2.15. The Bertz CT molecular complexity index is 979. The number of aromatic amines is 1. The summed E-state index contributed by atoms with van der Waals surface area (Å²) < 4.78 is 0. The van der Waals surface area contributed by atoms with Crippen molar-refractivity contribution in [3.8, 4) is 0 Å². The summed E-state index contributed by atoms with van der Waals surface area (Å²) in [6.07, 6.45) is 0.341. The highest BCUT2D eigenvalue weighted by Crippen LogP contribution is 2.31. The van der Waals surface area contributed by atoms with E-state index in [-0.39, 0.29) is 17.2 Å². The van der Waals surface area contributed by atoms with E-state index in [0.29, 0.717) is 21.6 Å². The van der Waals surface area contributed by atoms with Crippen LogP contribution in [0.25, 0.3) is 10.9 Å². The van der Waals surface area contributed by atoms with E-state index in [1.54, 1.807) is 36.5 Å². The molecule has 1 unspecified atom stereocenters. The van der Waals surface area contributed by atoms with Gasteiger partial charge in [0.25, 0.3) is 5.91 Å². The molecule has 0 fully saturated rings. The second-order valence-electron chi connectivity index (χ2n) is 5.78. The number of rotatable bonds is 4. The summed E-state index contributed by atoms with van der Waals surface area (Å²) in [5.74, 6) is -0.973. The second-order valence-corrected chi connectivity index (χ2v) is 6.21. The number of anilines is 1. The maximum absolute atomic E-state index is 12.9. The average molecular weight is 358 g/mol. The molecule has 0 spiro atoms. The molecule has 6 nitrogen and oxygen atoms in total. The third-order valence-electron chi connectivity index (χ3n) is 3.76. The Hall–Kier alpha value is -2.70. The van der Waals surface area contributed by atoms with Crippen LogP contribution in [0.5, 0.6) is 0 Å². The number of hydrogen-bond acceptors (Lipinski definition) is 4. The van der Waals surface area contributed by atoms with Gasteiger partial charge in [0.05, 0.1) is 5.69 Å². The average Bonchev–Trinajstić information content (AvgIpc) is 2.91. The molecule has 2 aromatic heterocycles. The fraction of sp³-hybridized carbons (Fsp3) is 0.167. The third kappa shape index (κ3) is 3.40. The molecule has 0 aliphatic carbocycles. The highest BCUT2D eigenvalue weighted by atomic mass is 35.5. The summed E-state index contributed by atoms with van der Waals surface area (Å²) >= 11 is 6.01. The summed E-state index contributed by atoms with van der Waals surface area (Å²) in [7, 11) is 0. The van der Waals surface area contributed by atoms with Gasteiger partial charge in [0.15, 0.2) is 0 Å². The number of pyridine rings is 1. The molecule has 1 aromatic carbocycles. The Morgan fingerprint density at radius 2 is 2.04 bits per heavy atom. The number of carbonyl (C=O) groups is 2. The van der Waals surface area contributed by atoms with Gasteiger partial charge in [-0.25, -0.2) is 0 Å². The minimum Gasteiger partial charge on any atom is -0.384 e. The molecule has 0 radical (unpaired) electrons. The lowest BCUT2D eigenvalue weighted by Gasteiger charge is -2.08. The molecule has 3 N–H and O–H groups in total. The number of aromatic nitrogens is 2. The zero-order chi connectivity index (χ0) is 18.1. The van der Waals surface area contributed by atoms with Crippen molar-refractivity contribution in [2.75, 3.05) is 5.32 Å². The van der Waals surface area contributed by atoms with E-state index in [1.807, 2.05) is 6.92 Å². The quantitative estimate of drug-likeness (QED) is 0.625. The number of nitrogens with one attached hydrogen (secondary N) is 2. The molecule has 25 heavy (non-hydrogen) atoms. The molecule has 128 valence electrons. The van der Waals surface area contributed by atoms with Crippen molar-refractivity contribution in [2.24, 2.45) is 0 Å². The van der Waals surface area contributed by atoms with Crippen LogP contribution < -0.4 is 5.32 Å². The standard InChI is InChI=1S/C18H16ClN3O3/c1-9-5-6-20-14(7-9)17(24)16-15(22-18(25)10(2)23)12-4-3-11(19)8-13(12)21-16/h3-8,10,21,23H,1-2H3,(H,22,25). The minimum atomic E-state index is -1.21. The summed E-state index contributed by atoms with van der Waals surface area (Å²) in [5.41, 5.74) is 2.23. The van der Waals surface area contributed by atoms with Gasteiger partial charge in [-0.1, -0.05) is 11.6 Å². The maximum Gasteiger partial charge on any atom is 0.252 e. The van der Waals surface area contributed by atoms with E-state index in [2.05, 4.69) is 15.3 Å². The number of amides is 1. The molecule has 3 aromatic rings. The van der Waals surface area contributed by atoms with E-state index in [9.17, 15) is 14.7 Å². The van der Waals surface area contributed by atoms with Crippen LogP contribution in [0.15, 0.2) is 36.5 Å². The number of halogens is 1. The van der Waals surface area contributed by atoms with Crippen LogP contribution in [0.2, 0.25) is 5.02 Å². The summed E-state index contributed by atoms with van der Waals surface area (Å²) in [5, 5.41) is 13.2. The number of H-pyrrole nitrogens is 1. The van der Waals surface area contributed by atoms with Crippen molar-refractivity contribution in [1.29, 1.82) is 0 Å². The smallest absolute Gasteiger partial charge is 0.252 e. The van der Waals surface area contributed by atoms with Crippen molar-refractivity contribution in [3.05, 3.63) is 58.5 Å². The van der Waals surface area contributed by atoms with E-state index in [4.69, 9.17) is 11.6 Å². The van der Waals surface area contributed by atoms with Crippen molar-refractivity contribution >= 4 is 39.9 Å². The molecular formula is C18H16ClN3O3. The molecule has 7 heteroatoms. The Kier molecular flexibility index (Phi) is 4.57. The number of benzene rings is 1. The number of carbonyl (C=O) groups excluding carboxylic acids is 2. The van der Waals surface area contributed by atoms with Gasteiger partial charge in [-0.05, 0) is 49.7 Å². The topological polar surface area (TPSA) is 95.1 Å². The molecule has 2 heterocycles. The first kappa shape index (κ1) is 17.1. The number of aliphatic hydroxyl groups is 1. The number of hydrogen-bond donors (Lipinski definition) is 3. The van der Waals surface area contributed by atoms with Crippen molar-refractivity contribution in [1.82, 2.24) is 9.97 Å². The molecule has 0 aliphatic rings. The normalized spacial score (nSPS) is 12.2. The molecule has 0 aliphatic heterocycles. The van der Waals surface area contributed by atoms with Crippen molar-refractivity contribution in [3.63, 3.8) is 0 Å². The molecular weight excluding hydrogens is 342 g/mol. The lowest BCUT2D eigenvalue weighted by Crippen LogP contribution is -2.25. The predicted octanol–water partition coefficient (Wildman–Crippen LogP) is 3.08. The van der Waals surface area contributed by atoms with Crippen LogP contribution in [0.3, 0.4) is 0 Å². The second kappa shape index (κ2) is 6.66. The number of fused-ring (bicyclic) bond motifs is 1. The minimum absolute atomic E-state index is 0.185. The number of aryl methyl sites for hydroxylation is 1. The maximum atomic E-state index is 12.9. The van der Waals surface area contributed by atoms with E-state index < -0.39 is 12.0 Å². The Morgan fingerprint density at radius 1 is 1.28 bits per heavy atom. The summed E-state index contributed by atoms with van der Waals surface area (Å²) in [6.45, 7) is 3.21. The Labute approximate surface area is 148 Å². The lowest BCUT2D eigenvalue weighted by atomic mass is 10.1. The van der Waals surface area contributed by atoms with Gasteiger partial charge >= 0.3 is 0 Å². The van der Waals surface area contributed by atoms with Gasteiger partial charge in [0.1, 0.15) is 17.5 Å². The van der Waals surface area contributed by atoms with Gasteiger partial charge < -0.3 is 15.4 Å². The molecule has 0 saturated heterocycles. The molecule has 1 amide bonds. The Morgan fingerprint density at radius 3 is 2.72 bits per heavy atom. The first-order valence-corrected chi connectivity index (χ1v) is 8.02. The van der Waals surface area contributed by atoms with Crippen LogP contribution in [0, 0.1) is 6.92 Å². The van der Waals surface area contributed by atoms with Gasteiger partial charge in [-0.3, -0.25) is 14.6 Å². The first-order chi connectivity index (χ1) is 11.9. The van der Waals surface area contributed by atoms with Gasteiger partial charge in [0.2, 0.25) is 5.78 Å². The number of aliphatic hydroxyl groups excluding tert-OH is 1.